The summed E-state index contributed by atoms with van der Waals surface area (Å²) >= 11 is 0. The zero-order chi connectivity index (χ0) is 13.2. The number of furan rings is 1. The van der Waals surface area contributed by atoms with Crippen LogP contribution in [-0.4, -0.2) is 5.78 Å². The van der Waals surface area contributed by atoms with E-state index in [1.807, 2.05) is 49.4 Å². The highest BCUT2D eigenvalue weighted by atomic mass is 16.3. The topological polar surface area (TPSA) is 30.2 Å². The number of fused-ring (bicyclic) bond motifs is 1. The molecule has 0 N–H and O–H groups in total. The Morgan fingerprint density at radius 2 is 1.84 bits per heavy atom. The predicted molar refractivity (Wildman–Crippen MR) is 75.5 cm³/mol. The molecule has 0 atom stereocenters. The largest absolute Gasteiger partial charge is 0.469 e. The van der Waals surface area contributed by atoms with Crippen LogP contribution < -0.4 is 0 Å². The van der Waals surface area contributed by atoms with E-state index in [9.17, 15) is 4.79 Å². The van der Waals surface area contributed by atoms with Crippen molar-refractivity contribution in [1.29, 1.82) is 0 Å². The number of ketones is 1. The Morgan fingerprint density at radius 3 is 2.63 bits per heavy atom. The molecule has 0 aliphatic rings. The quantitative estimate of drug-likeness (QED) is 0.651. The summed E-state index contributed by atoms with van der Waals surface area (Å²) in [5, 5.41) is 2.22. The number of hydrogen-bond acceptors (Lipinski definition) is 2. The Hall–Kier alpha value is -2.35. The van der Waals surface area contributed by atoms with E-state index in [1.54, 1.807) is 12.3 Å². The molecule has 2 heteroatoms. The Kier molecular flexibility index (Phi) is 2.92. The van der Waals surface area contributed by atoms with Crippen LogP contribution in [0, 0.1) is 0 Å². The van der Waals surface area contributed by atoms with Crippen LogP contribution in [0.5, 0.6) is 0 Å². The van der Waals surface area contributed by atoms with Crippen molar-refractivity contribution in [3.05, 3.63) is 71.7 Å². The molecule has 0 unspecified atom stereocenters. The third kappa shape index (κ3) is 2.06. The van der Waals surface area contributed by atoms with E-state index in [0.717, 1.165) is 23.0 Å². The van der Waals surface area contributed by atoms with E-state index in [0.29, 0.717) is 11.1 Å². The van der Waals surface area contributed by atoms with E-state index in [-0.39, 0.29) is 5.78 Å². The van der Waals surface area contributed by atoms with Gasteiger partial charge >= 0.3 is 0 Å². The molecule has 0 spiro atoms. The van der Waals surface area contributed by atoms with Crippen molar-refractivity contribution in [3.8, 4) is 0 Å². The minimum atomic E-state index is 0.0244. The molecule has 3 rings (SSSR count). The number of rotatable bonds is 3. The van der Waals surface area contributed by atoms with Gasteiger partial charge in [0.25, 0.3) is 0 Å². The molecular weight excluding hydrogens is 236 g/mol. The maximum Gasteiger partial charge on any atom is 0.196 e. The van der Waals surface area contributed by atoms with Gasteiger partial charge in [-0.3, -0.25) is 4.79 Å². The smallest absolute Gasteiger partial charge is 0.196 e. The molecule has 1 aromatic heterocycles. The van der Waals surface area contributed by atoms with Gasteiger partial charge < -0.3 is 4.42 Å². The average molecular weight is 250 g/mol. The van der Waals surface area contributed by atoms with Gasteiger partial charge in [0.2, 0.25) is 0 Å². The van der Waals surface area contributed by atoms with Gasteiger partial charge in [-0.15, -0.1) is 0 Å². The Balaban J connectivity index is 2.06. The van der Waals surface area contributed by atoms with E-state index >= 15 is 0 Å². The van der Waals surface area contributed by atoms with Gasteiger partial charge in [-0.25, -0.2) is 0 Å². The van der Waals surface area contributed by atoms with Crippen LogP contribution in [0.3, 0.4) is 0 Å². The number of benzene rings is 2. The van der Waals surface area contributed by atoms with Crippen LogP contribution in [0.15, 0.2) is 59.2 Å². The summed E-state index contributed by atoms with van der Waals surface area (Å²) < 4.78 is 5.32. The van der Waals surface area contributed by atoms with Crippen molar-refractivity contribution >= 4 is 16.6 Å². The highest BCUT2D eigenvalue weighted by Crippen LogP contribution is 2.20. The van der Waals surface area contributed by atoms with E-state index < -0.39 is 0 Å². The maximum absolute atomic E-state index is 12.5. The van der Waals surface area contributed by atoms with Crippen LogP contribution in [0.4, 0.5) is 0 Å². The summed E-state index contributed by atoms with van der Waals surface area (Å²) in [6, 6.07) is 15.6. The molecule has 0 saturated carbocycles. The lowest BCUT2D eigenvalue weighted by Gasteiger charge is -2.03. The molecule has 3 aromatic rings. The summed E-state index contributed by atoms with van der Waals surface area (Å²) in [6.45, 7) is 1.98. The monoisotopic (exact) mass is 250 g/mol. The number of hydrogen-bond donors (Lipinski definition) is 0. The lowest BCUT2D eigenvalue weighted by Crippen LogP contribution is -2.02. The first-order chi connectivity index (χ1) is 9.29. The lowest BCUT2D eigenvalue weighted by atomic mass is 10.00. The lowest BCUT2D eigenvalue weighted by molar-refractivity contribution is 0.103. The summed E-state index contributed by atoms with van der Waals surface area (Å²) in [4.78, 5) is 12.5. The molecule has 0 radical (unpaired) electrons. The molecule has 2 nitrogen and oxygen atoms in total. The molecule has 0 aliphatic heterocycles. The first-order valence-corrected chi connectivity index (χ1v) is 6.39. The molecule has 0 fully saturated rings. The molecule has 94 valence electrons. The van der Waals surface area contributed by atoms with Gasteiger partial charge in [0.05, 0.1) is 11.8 Å². The SMILES string of the molecule is CCc1occc1C(=O)c1ccc2ccccc2c1. The van der Waals surface area contributed by atoms with Crippen molar-refractivity contribution in [3.63, 3.8) is 0 Å². The fraction of sp³-hybridized carbons (Fsp3) is 0.118. The van der Waals surface area contributed by atoms with Crippen LogP contribution in [0.2, 0.25) is 0 Å². The predicted octanol–water partition coefficient (Wildman–Crippen LogP) is 4.23. The first kappa shape index (κ1) is 11.7. The molecule has 0 bridgehead atoms. The highest BCUT2D eigenvalue weighted by molar-refractivity contribution is 6.11. The van der Waals surface area contributed by atoms with E-state index in [4.69, 9.17) is 4.42 Å². The van der Waals surface area contributed by atoms with Gasteiger partial charge in [-0.2, -0.15) is 0 Å². The van der Waals surface area contributed by atoms with Gasteiger partial charge in [-0.05, 0) is 22.9 Å². The standard InChI is InChI=1S/C17H14O2/c1-2-16-15(9-10-19-16)17(18)14-8-7-12-5-3-4-6-13(12)11-14/h3-11H,2H2,1H3. The van der Waals surface area contributed by atoms with E-state index in [1.165, 1.54) is 0 Å². The molecule has 2 aromatic carbocycles. The van der Waals surface area contributed by atoms with E-state index in [2.05, 4.69) is 0 Å². The number of aryl methyl sites for hydroxylation is 1. The number of carbonyl (C=O) groups excluding carboxylic acids is 1. The average Bonchev–Trinajstić information content (AvgIpc) is 2.94. The zero-order valence-electron chi connectivity index (χ0n) is 10.7. The fourth-order valence-electron chi connectivity index (χ4n) is 2.30. The number of carbonyl (C=O) groups is 1. The third-order valence-corrected chi connectivity index (χ3v) is 3.32. The van der Waals surface area contributed by atoms with Crippen LogP contribution in [-0.2, 0) is 6.42 Å². The zero-order valence-corrected chi connectivity index (χ0v) is 10.7. The first-order valence-electron chi connectivity index (χ1n) is 6.39. The summed E-state index contributed by atoms with van der Waals surface area (Å²) in [5.41, 5.74) is 1.37. The minimum absolute atomic E-state index is 0.0244. The second-order valence-corrected chi connectivity index (χ2v) is 4.50. The van der Waals surface area contributed by atoms with Crippen molar-refractivity contribution < 1.29 is 9.21 Å². The second kappa shape index (κ2) is 4.73. The molecule has 0 aliphatic carbocycles. The molecule has 1 heterocycles. The van der Waals surface area contributed by atoms with Crippen molar-refractivity contribution in [2.45, 2.75) is 13.3 Å². The fourth-order valence-corrected chi connectivity index (χ4v) is 2.30. The Bertz CT molecular complexity index is 738. The minimum Gasteiger partial charge on any atom is -0.469 e. The molecule has 19 heavy (non-hydrogen) atoms. The Morgan fingerprint density at radius 1 is 1.05 bits per heavy atom. The van der Waals surface area contributed by atoms with Crippen molar-refractivity contribution in [2.24, 2.45) is 0 Å². The van der Waals surface area contributed by atoms with Gasteiger partial charge in [0, 0.05) is 12.0 Å². The van der Waals surface area contributed by atoms with Crippen molar-refractivity contribution in [1.82, 2.24) is 0 Å². The van der Waals surface area contributed by atoms with Gasteiger partial charge in [-0.1, -0.05) is 43.3 Å². The summed E-state index contributed by atoms with van der Waals surface area (Å²) in [5.74, 6) is 0.773. The third-order valence-electron chi connectivity index (χ3n) is 3.32. The summed E-state index contributed by atoms with van der Waals surface area (Å²) in [7, 11) is 0. The molecule has 0 amide bonds. The maximum atomic E-state index is 12.5. The van der Waals surface area contributed by atoms with Gasteiger partial charge in [0.15, 0.2) is 5.78 Å². The van der Waals surface area contributed by atoms with Crippen LogP contribution in [0.1, 0.15) is 28.6 Å². The summed E-state index contributed by atoms with van der Waals surface area (Å²) in [6.07, 6.45) is 2.30. The Labute approximate surface area is 111 Å². The second-order valence-electron chi connectivity index (χ2n) is 4.50. The van der Waals surface area contributed by atoms with Gasteiger partial charge in [0.1, 0.15) is 5.76 Å². The van der Waals surface area contributed by atoms with Crippen LogP contribution in [0.25, 0.3) is 10.8 Å². The highest BCUT2D eigenvalue weighted by Gasteiger charge is 2.15. The normalized spacial score (nSPS) is 10.8. The van der Waals surface area contributed by atoms with Crippen LogP contribution >= 0.6 is 0 Å². The molecular formula is C17H14O2. The molecule has 0 saturated heterocycles. The van der Waals surface area contributed by atoms with Crippen molar-refractivity contribution in [2.75, 3.05) is 0 Å².